The Labute approximate surface area is 213 Å². The predicted molar refractivity (Wildman–Crippen MR) is 143 cm³/mol. The van der Waals surface area contributed by atoms with Gasteiger partial charge in [-0.2, -0.15) is 5.10 Å². The number of anilines is 1. The number of allylic oxidation sites excluding steroid dienone is 2. The Morgan fingerprint density at radius 2 is 1.50 bits per heavy atom. The van der Waals surface area contributed by atoms with Crippen LogP contribution in [0.25, 0.3) is 0 Å². The van der Waals surface area contributed by atoms with E-state index in [-0.39, 0.29) is 11.5 Å². The smallest absolute Gasteiger partial charge is 0.160 e. The van der Waals surface area contributed by atoms with Crippen LogP contribution in [0.3, 0.4) is 0 Å². The Balaban J connectivity index is 1.54. The van der Waals surface area contributed by atoms with E-state index in [9.17, 15) is 10.2 Å². The van der Waals surface area contributed by atoms with Crippen LogP contribution in [0, 0.1) is 3.57 Å². The third-order valence-corrected chi connectivity index (χ3v) is 6.45. The molecule has 1 aliphatic heterocycles. The average molecular weight is 570 g/mol. The van der Waals surface area contributed by atoms with E-state index in [1.165, 1.54) is 3.57 Å². The number of hydrogen-bond donors (Lipinski definition) is 2. The maximum absolute atomic E-state index is 9.87. The van der Waals surface area contributed by atoms with Crippen molar-refractivity contribution in [3.63, 3.8) is 0 Å². The van der Waals surface area contributed by atoms with Crippen molar-refractivity contribution in [2.24, 2.45) is 5.10 Å². The Morgan fingerprint density at radius 1 is 0.882 bits per heavy atom. The predicted octanol–water partition coefficient (Wildman–Crippen LogP) is 6.05. The standard InChI is InChI=1S/C27H27IN2O4/c1-33-26-15-18(5-13-24(26)31)3-9-21-17-23(30(29-21)22-11-7-20(28)8-12-22)10-4-19-6-14-25(32)27(16-19)34-2/h5-8,10-16,31-32H,3-4,9,17H2,1-2H3. The van der Waals surface area contributed by atoms with E-state index in [1.54, 1.807) is 26.4 Å². The fourth-order valence-electron chi connectivity index (χ4n) is 3.88. The molecule has 0 aliphatic carbocycles. The zero-order valence-corrected chi connectivity index (χ0v) is 21.3. The molecule has 0 saturated heterocycles. The second-order valence-electron chi connectivity index (χ2n) is 8.04. The Kier molecular flexibility index (Phi) is 7.62. The molecular weight excluding hydrogens is 543 g/mol. The van der Waals surface area contributed by atoms with Crippen molar-refractivity contribution in [2.45, 2.75) is 25.7 Å². The molecule has 2 N–H and O–H groups in total. The quantitative estimate of drug-likeness (QED) is 0.323. The van der Waals surface area contributed by atoms with E-state index in [0.29, 0.717) is 17.9 Å². The Hall–Kier alpha value is -3.20. The normalized spacial score (nSPS) is 14.4. The second-order valence-corrected chi connectivity index (χ2v) is 9.29. The number of hydrogen-bond acceptors (Lipinski definition) is 6. The summed E-state index contributed by atoms with van der Waals surface area (Å²) in [4.78, 5) is 0. The SMILES string of the molecule is COc1cc(CC=C2CC(CCc3ccc(O)c(OC)c3)=NN2c2ccc(I)cc2)ccc1O. The van der Waals surface area contributed by atoms with E-state index >= 15 is 0 Å². The van der Waals surface area contributed by atoms with Crippen LogP contribution in [0.2, 0.25) is 0 Å². The molecule has 3 aromatic carbocycles. The van der Waals surface area contributed by atoms with E-state index < -0.39 is 0 Å². The van der Waals surface area contributed by atoms with Crippen LogP contribution in [0.1, 0.15) is 24.0 Å². The van der Waals surface area contributed by atoms with Crippen molar-refractivity contribution in [3.05, 3.63) is 87.1 Å². The minimum absolute atomic E-state index is 0.136. The molecule has 0 radical (unpaired) electrons. The van der Waals surface area contributed by atoms with Crippen molar-refractivity contribution in [1.29, 1.82) is 0 Å². The first-order valence-electron chi connectivity index (χ1n) is 11.0. The van der Waals surface area contributed by atoms with Crippen LogP contribution in [-0.2, 0) is 12.8 Å². The highest BCUT2D eigenvalue weighted by molar-refractivity contribution is 14.1. The van der Waals surface area contributed by atoms with Gasteiger partial charge in [-0.25, -0.2) is 5.01 Å². The van der Waals surface area contributed by atoms with Gasteiger partial charge in [0.2, 0.25) is 0 Å². The molecule has 0 amide bonds. The first-order chi connectivity index (χ1) is 16.5. The molecular formula is C27H27IN2O4. The first-order valence-corrected chi connectivity index (χ1v) is 12.1. The van der Waals surface area contributed by atoms with Gasteiger partial charge in [0, 0.05) is 21.4 Å². The largest absolute Gasteiger partial charge is 0.504 e. The Bertz CT molecular complexity index is 1220. The number of nitrogens with zero attached hydrogens (tertiary/aromatic N) is 2. The van der Waals surface area contributed by atoms with Crippen molar-refractivity contribution in [3.8, 4) is 23.0 Å². The van der Waals surface area contributed by atoms with Gasteiger partial charge in [0.15, 0.2) is 23.0 Å². The van der Waals surface area contributed by atoms with Crippen LogP contribution >= 0.6 is 22.6 Å². The minimum atomic E-state index is 0.136. The molecule has 0 fully saturated rings. The molecule has 1 heterocycles. The molecule has 1 aliphatic rings. The first kappa shape index (κ1) is 23.9. The van der Waals surface area contributed by atoms with Crippen molar-refractivity contribution < 1.29 is 19.7 Å². The number of benzene rings is 3. The maximum Gasteiger partial charge on any atom is 0.160 e. The highest BCUT2D eigenvalue weighted by atomic mass is 127. The Morgan fingerprint density at radius 3 is 2.15 bits per heavy atom. The summed E-state index contributed by atoms with van der Waals surface area (Å²) in [6, 6.07) is 19.2. The molecule has 176 valence electrons. The van der Waals surface area contributed by atoms with E-state index in [0.717, 1.165) is 47.5 Å². The third-order valence-electron chi connectivity index (χ3n) is 5.73. The molecule has 3 aromatic rings. The number of methoxy groups -OCH3 is 2. The van der Waals surface area contributed by atoms with E-state index in [2.05, 4.69) is 52.9 Å². The van der Waals surface area contributed by atoms with Gasteiger partial charge in [-0.15, -0.1) is 0 Å². The van der Waals surface area contributed by atoms with Gasteiger partial charge < -0.3 is 19.7 Å². The highest BCUT2D eigenvalue weighted by Crippen LogP contribution is 2.32. The lowest BCUT2D eigenvalue weighted by Crippen LogP contribution is -2.10. The van der Waals surface area contributed by atoms with E-state index in [1.807, 2.05) is 29.3 Å². The third kappa shape index (κ3) is 5.64. The lowest BCUT2D eigenvalue weighted by atomic mass is 10.0. The molecule has 4 rings (SSSR count). The van der Waals surface area contributed by atoms with Crippen LogP contribution < -0.4 is 14.5 Å². The molecule has 7 heteroatoms. The molecule has 0 unspecified atom stereocenters. The summed E-state index contributed by atoms with van der Waals surface area (Å²) >= 11 is 2.30. The summed E-state index contributed by atoms with van der Waals surface area (Å²) in [5.41, 5.74) is 5.38. The summed E-state index contributed by atoms with van der Waals surface area (Å²) in [5.74, 6) is 1.23. The number of ether oxygens (including phenoxy) is 2. The lowest BCUT2D eigenvalue weighted by Gasteiger charge is -2.17. The van der Waals surface area contributed by atoms with Gasteiger partial charge in [-0.3, -0.25) is 0 Å². The van der Waals surface area contributed by atoms with Crippen molar-refractivity contribution >= 4 is 34.0 Å². The summed E-state index contributed by atoms with van der Waals surface area (Å²) in [6.07, 6.45) is 5.25. The van der Waals surface area contributed by atoms with Crippen LogP contribution in [0.5, 0.6) is 23.0 Å². The molecule has 0 spiro atoms. The summed E-state index contributed by atoms with van der Waals surface area (Å²) in [6.45, 7) is 0. The number of aryl methyl sites for hydroxylation is 1. The number of hydrazone groups is 1. The number of phenols is 2. The van der Waals surface area contributed by atoms with Gasteiger partial charge in [-0.05, 0) is 102 Å². The van der Waals surface area contributed by atoms with Crippen LogP contribution in [0.4, 0.5) is 5.69 Å². The molecule has 0 bridgehead atoms. The number of aromatic hydroxyl groups is 2. The second kappa shape index (κ2) is 10.8. The van der Waals surface area contributed by atoms with Crippen LogP contribution in [0.15, 0.2) is 77.5 Å². The summed E-state index contributed by atoms with van der Waals surface area (Å²) in [7, 11) is 3.11. The minimum Gasteiger partial charge on any atom is -0.504 e. The van der Waals surface area contributed by atoms with Crippen molar-refractivity contribution in [1.82, 2.24) is 0 Å². The molecule has 34 heavy (non-hydrogen) atoms. The average Bonchev–Trinajstić information content (AvgIpc) is 3.26. The fourth-order valence-corrected chi connectivity index (χ4v) is 4.24. The molecule has 0 atom stereocenters. The van der Waals surface area contributed by atoms with Crippen molar-refractivity contribution in [2.75, 3.05) is 19.2 Å². The lowest BCUT2D eigenvalue weighted by molar-refractivity contribution is 0.373. The number of halogens is 1. The zero-order valence-electron chi connectivity index (χ0n) is 19.2. The molecule has 0 aromatic heterocycles. The maximum atomic E-state index is 9.87. The summed E-state index contributed by atoms with van der Waals surface area (Å²) in [5, 5.41) is 26.7. The molecule has 6 nitrogen and oxygen atoms in total. The van der Waals surface area contributed by atoms with Gasteiger partial charge in [0.25, 0.3) is 0 Å². The highest BCUT2D eigenvalue weighted by Gasteiger charge is 2.22. The van der Waals surface area contributed by atoms with E-state index in [4.69, 9.17) is 14.6 Å². The monoisotopic (exact) mass is 570 g/mol. The zero-order chi connectivity index (χ0) is 24.1. The van der Waals surface area contributed by atoms with Gasteiger partial charge in [-0.1, -0.05) is 18.2 Å². The van der Waals surface area contributed by atoms with Crippen LogP contribution in [-0.4, -0.2) is 30.1 Å². The van der Waals surface area contributed by atoms with Gasteiger partial charge in [0.1, 0.15) is 0 Å². The number of phenolic OH excluding ortho intramolecular Hbond substituents is 2. The number of rotatable bonds is 8. The fraction of sp³-hybridized carbons (Fsp3) is 0.222. The summed E-state index contributed by atoms with van der Waals surface area (Å²) < 4.78 is 11.7. The van der Waals surface area contributed by atoms with Gasteiger partial charge >= 0.3 is 0 Å². The van der Waals surface area contributed by atoms with Gasteiger partial charge in [0.05, 0.1) is 19.9 Å². The molecule has 0 saturated carbocycles. The topological polar surface area (TPSA) is 74.5 Å².